The van der Waals surface area contributed by atoms with E-state index in [0.29, 0.717) is 12.3 Å². The first-order valence-corrected chi connectivity index (χ1v) is 6.75. The summed E-state index contributed by atoms with van der Waals surface area (Å²) >= 11 is 1.65. The highest BCUT2D eigenvalue weighted by Gasteiger charge is 2.11. The van der Waals surface area contributed by atoms with Crippen molar-refractivity contribution in [2.75, 3.05) is 6.54 Å². The summed E-state index contributed by atoms with van der Waals surface area (Å²) in [6.45, 7) is 2.62. The third kappa shape index (κ3) is 4.11. The number of rotatable bonds is 5. The highest BCUT2D eigenvalue weighted by molar-refractivity contribution is 7.11. The summed E-state index contributed by atoms with van der Waals surface area (Å²) in [5, 5.41) is 15.0. The molecule has 5 nitrogen and oxygen atoms in total. The minimum atomic E-state index is -0.829. The largest absolute Gasteiger partial charge is 0.467 e. The number of hydrogen-bond donors (Lipinski definition) is 3. The lowest BCUT2D eigenvalue weighted by molar-refractivity contribution is 0.148. The van der Waals surface area contributed by atoms with Gasteiger partial charge in [0.2, 0.25) is 0 Å². The molecule has 1 unspecified atom stereocenters. The van der Waals surface area contributed by atoms with Crippen LogP contribution in [-0.4, -0.2) is 17.7 Å². The molecule has 0 spiro atoms. The van der Waals surface area contributed by atoms with Crippen LogP contribution in [0.2, 0.25) is 0 Å². The van der Waals surface area contributed by atoms with Crippen LogP contribution >= 0.6 is 11.3 Å². The smallest absolute Gasteiger partial charge is 0.315 e. The van der Waals surface area contributed by atoms with Gasteiger partial charge in [0.1, 0.15) is 11.9 Å². The molecule has 0 aliphatic heterocycles. The highest BCUT2D eigenvalue weighted by Crippen LogP contribution is 2.14. The molecule has 0 saturated carbocycles. The van der Waals surface area contributed by atoms with Gasteiger partial charge >= 0.3 is 6.03 Å². The maximum atomic E-state index is 11.5. The van der Waals surface area contributed by atoms with Crippen molar-refractivity contribution in [1.29, 1.82) is 0 Å². The molecule has 0 aromatic carbocycles. The van der Waals surface area contributed by atoms with E-state index in [1.807, 2.05) is 19.1 Å². The van der Waals surface area contributed by atoms with Gasteiger partial charge in [-0.15, -0.1) is 11.3 Å². The van der Waals surface area contributed by atoms with Gasteiger partial charge in [-0.1, -0.05) is 0 Å². The van der Waals surface area contributed by atoms with Crippen LogP contribution in [0.15, 0.2) is 34.9 Å². The normalized spacial score (nSPS) is 12.1. The first kappa shape index (κ1) is 13.6. The summed E-state index contributed by atoms with van der Waals surface area (Å²) in [5.41, 5.74) is 0. The SMILES string of the molecule is Cc1ccc(CNC(=O)NCC(O)c2ccco2)s1. The number of carbonyl (C=O) groups excluding carboxylic acids is 1. The number of aliphatic hydroxyl groups excluding tert-OH is 1. The average molecular weight is 280 g/mol. The third-order valence-corrected chi connectivity index (χ3v) is 3.55. The van der Waals surface area contributed by atoms with Gasteiger partial charge in [-0.2, -0.15) is 0 Å². The van der Waals surface area contributed by atoms with E-state index in [4.69, 9.17) is 4.42 Å². The first-order valence-electron chi connectivity index (χ1n) is 5.93. The number of amides is 2. The van der Waals surface area contributed by atoms with Gasteiger partial charge in [0.15, 0.2) is 0 Å². The van der Waals surface area contributed by atoms with Gasteiger partial charge in [-0.05, 0) is 31.2 Å². The molecule has 3 N–H and O–H groups in total. The molecule has 102 valence electrons. The zero-order chi connectivity index (χ0) is 13.7. The number of furan rings is 1. The van der Waals surface area contributed by atoms with Crippen LogP contribution in [0.1, 0.15) is 21.6 Å². The lowest BCUT2D eigenvalue weighted by atomic mass is 10.3. The van der Waals surface area contributed by atoms with Crippen molar-refractivity contribution in [3.63, 3.8) is 0 Å². The molecule has 0 aliphatic carbocycles. The van der Waals surface area contributed by atoms with Crippen LogP contribution in [-0.2, 0) is 6.54 Å². The van der Waals surface area contributed by atoms with E-state index in [9.17, 15) is 9.90 Å². The van der Waals surface area contributed by atoms with Crippen LogP contribution in [0.4, 0.5) is 4.79 Å². The van der Waals surface area contributed by atoms with Crippen LogP contribution in [0.25, 0.3) is 0 Å². The summed E-state index contributed by atoms with van der Waals surface area (Å²) in [6, 6.07) is 7.05. The first-order chi connectivity index (χ1) is 9.15. The van der Waals surface area contributed by atoms with E-state index >= 15 is 0 Å². The topological polar surface area (TPSA) is 74.5 Å². The Balaban J connectivity index is 1.70. The Morgan fingerprint density at radius 3 is 2.89 bits per heavy atom. The van der Waals surface area contributed by atoms with Gasteiger partial charge in [0.25, 0.3) is 0 Å². The van der Waals surface area contributed by atoms with Crippen LogP contribution in [0.3, 0.4) is 0 Å². The fourth-order valence-electron chi connectivity index (χ4n) is 1.58. The molecular weight excluding hydrogens is 264 g/mol. The molecule has 0 saturated heterocycles. The molecule has 0 bridgehead atoms. The summed E-state index contributed by atoms with van der Waals surface area (Å²) in [4.78, 5) is 13.8. The number of carbonyl (C=O) groups is 1. The van der Waals surface area contributed by atoms with Crippen molar-refractivity contribution < 1.29 is 14.3 Å². The van der Waals surface area contributed by atoms with E-state index in [0.717, 1.165) is 4.88 Å². The Labute approximate surface area is 115 Å². The molecule has 0 radical (unpaired) electrons. The molecule has 2 aromatic heterocycles. The minimum Gasteiger partial charge on any atom is -0.467 e. The summed E-state index contributed by atoms with van der Waals surface area (Å²) in [5.74, 6) is 0.439. The monoisotopic (exact) mass is 280 g/mol. The second kappa shape index (κ2) is 6.40. The molecule has 2 heterocycles. The van der Waals surface area contributed by atoms with Crippen LogP contribution in [0, 0.1) is 6.92 Å². The Morgan fingerprint density at radius 2 is 2.26 bits per heavy atom. The number of thiophene rings is 1. The third-order valence-electron chi connectivity index (χ3n) is 2.55. The Morgan fingerprint density at radius 1 is 1.42 bits per heavy atom. The lowest BCUT2D eigenvalue weighted by Gasteiger charge is -2.10. The molecule has 19 heavy (non-hydrogen) atoms. The van der Waals surface area contributed by atoms with Crippen molar-refractivity contribution in [2.45, 2.75) is 19.6 Å². The fourth-order valence-corrected chi connectivity index (χ4v) is 2.41. The molecule has 0 aliphatic rings. The molecule has 0 fully saturated rings. The summed E-state index contributed by atoms with van der Waals surface area (Å²) in [7, 11) is 0. The van der Waals surface area contributed by atoms with Gasteiger partial charge in [-0.25, -0.2) is 4.79 Å². The van der Waals surface area contributed by atoms with Gasteiger partial charge in [-0.3, -0.25) is 0 Å². The Bertz CT molecular complexity index is 522. The lowest BCUT2D eigenvalue weighted by Crippen LogP contribution is -2.37. The fraction of sp³-hybridized carbons (Fsp3) is 0.308. The highest BCUT2D eigenvalue weighted by atomic mass is 32.1. The van der Waals surface area contributed by atoms with Crippen LogP contribution in [0.5, 0.6) is 0 Å². The van der Waals surface area contributed by atoms with E-state index < -0.39 is 6.10 Å². The number of nitrogens with one attached hydrogen (secondary N) is 2. The molecular formula is C13H16N2O3S. The second-order valence-corrected chi connectivity index (χ2v) is 5.48. The van der Waals surface area contributed by atoms with E-state index in [2.05, 4.69) is 10.6 Å². The Hall–Kier alpha value is -1.79. The van der Waals surface area contributed by atoms with Crippen molar-refractivity contribution in [1.82, 2.24) is 10.6 Å². The Kier molecular flexibility index (Phi) is 4.59. The number of aryl methyl sites for hydroxylation is 1. The van der Waals surface area contributed by atoms with Crippen molar-refractivity contribution in [2.24, 2.45) is 0 Å². The van der Waals surface area contributed by atoms with Gasteiger partial charge < -0.3 is 20.2 Å². The summed E-state index contributed by atoms with van der Waals surface area (Å²) in [6.07, 6.45) is 0.655. The number of aliphatic hydroxyl groups is 1. The molecule has 1 atom stereocenters. The summed E-state index contributed by atoms with van der Waals surface area (Å²) < 4.78 is 5.04. The maximum absolute atomic E-state index is 11.5. The van der Waals surface area contributed by atoms with E-state index in [1.165, 1.54) is 11.1 Å². The minimum absolute atomic E-state index is 0.114. The van der Waals surface area contributed by atoms with E-state index in [-0.39, 0.29) is 12.6 Å². The molecule has 2 amide bonds. The molecule has 2 rings (SSSR count). The van der Waals surface area contributed by atoms with Crippen molar-refractivity contribution in [3.05, 3.63) is 46.0 Å². The average Bonchev–Trinajstić information content (AvgIpc) is 3.04. The second-order valence-electron chi connectivity index (χ2n) is 4.11. The van der Waals surface area contributed by atoms with Crippen molar-refractivity contribution in [3.8, 4) is 0 Å². The van der Waals surface area contributed by atoms with E-state index in [1.54, 1.807) is 23.5 Å². The number of hydrogen-bond acceptors (Lipinski definition) is 4. The molecule has 6 heteroatoms. The van der Waals surface area contributed by atoms with Crippen molar-refractivity contribution >= 4 is 17.4 Å². The van der Waals surface area contributed by atoms with Gasteiger partial charge in [0.05, 0.1) is 19.4 Å². The predicted molar refractivity (Wildman–Crippen MR) is 73.0 cm³/mol. The number of urea groups is 1. The standard InChI is InChI=1S/C13H16N2O3S/c1-9-4-5-10(19-9)7-14-13(17)15-8-11(16)12-3-2-6-18-12/h2-6,11,16H,7-8H2,1H3,(H2,14,15,17). The van der Waals surface area contributed by atoms with Crippen LogP contribution < -0.4 is 10.6 Å². The predicted octanol–water partition coefficient (Wildman–Crippen LogP) is 2.18. The molecule has 2 aromatic rings. The zero-order valence-corrected chi connectivity index (χ0v) is 11.4. The zero-order valence-electron chi connectivity index (χ0n) is 10.6. The maximum Gasteiger partial charge on any atom is 0.315 e. The van der Waals surface area contributed by atoms with Gasteiger partial charge in [0, 0.05) is 9.75 Å². The quantitative estimate of drug-likeness (QED) is 0.786.